The van der Waals surface area contributed by atoms with Crippen molar-refractivity contribution in [1.82, 2.24) is 5.32 Å². The largest absolute Gasteiger partial charge is 0.467 e. The van der Waals surface area contributed by atoms with Gasteiger partial charge in [0.1, 0.15) is 12.1 Å². The second-order valence-corrected chi connectivity index (χ2v) is 4.19. The van der Waals surface area contributed by atoms with Crippen LogP contribution in [0.5, 0.6) is 0 Å². The molecule has 1 rings (SSSR count). The van der Waals surface area contributed by atoms with E-state index in [0.717, 1.165) is 5.56 Å². The van der Waals surface area contributed by atoms with Gasteiger partial charge in [0.2, 0.25) is 5.91 Å². The molecule has 0 unspecified atom stereocenters. The van der Waals surface area contributed by atoms with Gasteiger partial charge in [-0.25, -0.2) is 4.79 Å². The van der Waals surface area contributed by atoms with Crippen molar-refractivity contribution >= 4 is 11.9 Å². The Balaban J connectivity index is 2.39. The summed E-state index contributed by atoms with van der Waals surface area (Å²) in [6, 6.07) is 8.88. The third kappa shape index (κ3) is 5.09. The van der Waals surface area contributed by atoms with Crippen molar-refractivity contribution in [3.8, 4) is 0 Å². The lowest BCUT2D eigenvalue weighted by atomic mass is 10.2. The first-order chi connectivity index (χ1) is 9.04. The maximum absolute atomic E-state index is 11.8. The number of esters is 1. The molecule has 19 heavy (non-hydrogen) atoms. The van der Waals surface area contributed by atoms with Gasteiger partial charge in [-0.2, -0.15) is 0 Å². The zero-order valence-corrected chi connectivity index (χ0v) is 11.4. The summed E-state index contributed by atoms with van der Waals surface area (Å²) < 4.78 is 9.97. The Morgan fingerprint density at radius 1 is 1.21 bits per heavy atom. The predicted octanol–water partition coefficient (Wildman–Crippen LogP) is 1.27. The zero-order valence-electron chi connectivity index (χ0n) is 11.4. The van der Waals surface area contributed by atoms with Gasteiger partial charge < -0.3 is 14.8 Å². The normalized spacial score (nSPS) is 13.4. The molecular weight excluding hydrogens is 246 g/mol. The number of benzene rings is 1. The molecule has 0 heterocycles. The van der Waals surface area contributed by atoms with Crippen LogP contribution in [0.2, 0.25) is 0 Å². The maximum Gasteiger partial charge on any atom is 0.328 e. The van der Waals surface area contributed by atoms with E-state index in [1.165, 1.54) is 7.11 Å². The summed E-state index contributed by atoms with van der Waals surface area (Å²) in [5.74, 6) is -0.822. The SMILES string of the molecule is COC(=O)[C@H](C)NC(=O)[C@H](C)OCc1ccccc1. The van der Waals surface area contributed by atoms with E-state index in [-0.39, 0.29) is 5.91 Å². The number of hydrogen-bond donors (Lipinski definition) is 1. The number of hydrogen-bond acceptors (Lipinski definition) is 4. The van der Waals surface area contributed by atoms with Crippen molar-refractivity contribution in [2.75, 3.05) is 7.11 Å². The van der Waals surface area contributed by atoms with Crippen LogP contribution in [-0.2, 0) is 25.7 Å². The highest BCUT2D eigenvalue weighted by Gasteiger charge is 2.20. The number of amides is 1. The second kappa shape index (κ2) is 7.53. The Morgan fingerprint density at radius 3 is 2.42 bits per heavy atom. The molecule has 5 heteroatoms. The first-order valence-corrected chi connectivity index (χ1v) is 6.08. The lowest BCUT2D eigenvalue weighted by Gasteiger charge is -2.16. The minimum absolute atomic E-state index is 0.339. The van der Waals surface area contributed by atoms with E-state index in [4.69, 9.17) is 4.74 Å². The molecule has 1 N–H and O–H groups in total. The third-order valence-corrected chi connectivity index (χ3v) is 2.63. The van der Waals surface area contributed by atoms with Gasteiger partial charge in [0, 0.05) is 0 Å². The molecule has 2 atom stereocenters. The van der Waals surface area contributed by atoms with E-state index in [1.54, 1.807) is 13.8 Å². The first-order valence-electron chi connectivity index (χ1n) is 6.08. The summed E-state index contributed by atoms with van der Waals surface area (Å²) in [5, 5.41) is 2.53. The van der Waals surface area contributed by atoms with Crippen LogP contribution in [0.15, 0.2) is 30.3 Å². The van der Waals surface area contributed by atoms with Crippen molar-refractivity contribution < 1.29 is 19.1 Å². The highest BCUT2D eigenvalue weighted by Crippen LogP contribution is 2.03. The van der Waals surface area contributed by atoms with Gasteiger partial charge in [-0.05, 0) is 19.4 Å². The Labute approximate surface area is 112 Å². The van der Waals surface area contributed by atoms with Gasteiger partial charge >= 0.3 is 5.97 Å². The standard InChI is InChI=1S/C14H19NO4/c1-10(14(17)18-3)15-13(16)11(2)19-9-12-7-5-4-6-8-12/h4-8,10-11H,9H2,1-3H3,(H,15,16)/t10-,11-/m0/s1. The van der Waals surface area contributed by atoms with Crippen LogP contribution in [0.4, 0.5) is 0 Å². The van der Waals surface area contributed by atoms with Crippen molar-refractivity contribution in [3.05, 3.63) is 35.9 Å². The molecule has 0 saturated heterocycles. The van der Waals surface area contributed by atoms with Crippen molar-refractivity contribution in [2.24, 2.45) is 0 Å². The molecule has 5 nitrogen and oxygen atoms in total. The van der Waals surface area contributed by atoms with Gasteiger partial charge in [0.05, 0.1) is 13.7 Å². The Hall–Kier alpha value is -1.88. The molecule has 0 aliphatic heterocycles. The molecule has 0 fully saturated rings. The molecule has 0 spiro atoms. The smallest absolute Gasteiger partial charge is 0.328 e. The van der Waals surface area contributed by atoms with E-state index in [0.29, 0.717) is 6.61 Å². The topological polar surface area (TPSA) is 64.6 Å². The van der Waals surface area contributed by atoms with E-state index in [2.05, 4.69) is 10.1 Å². The Bertz CT molecular complexity index is 419. The van der Waals surface area contributed by atoms with Crippen LogP contribution in [0.25, 0.3) is 0 Å². The summed E-state index contributed by atoms with van der Waals surface area (Å²) in [5.41, 5.74) is 0.989. The molecular formula is C14H19NO4. The fourth-order valence-electron chi connectivity index (χ4n) is 1.44. The summed E-state index contributed by atoms with van der Waals surface area (Å²) >= 11 is 0. The Kier molecular flexibility index (Phi) is 6.02. The molecule has 0 aliphatic carbocycles. The number of nitrogens with one attached hydrogen (secondary N) is 1. The average molecular weight is 265 g/mol. The van der Waals surface area contributed by atoms with Gasteiger partial charge in [0.15, 0.2) is 0 Å². The molecule has 0 radical (unpaired) electrons. The monoisotopic (exact) mass is 265 g/mol. The van der Waals surface area contributed by atoms with Crippen molar-refractivity contribution in [2.45, 2.75) is 32.6 Å². The summed E-state index contributed by atoms with van der Waals surface area (Å²) in [6.07, 6.45) is -0.632. The van der Waals surface area contributed by atoms with E-state index in [9.17, 15) is 9.59 Å². The predicted molar refractivity (Wildman–Crippen MR) is 70.3 cm³/mol. The van der Waals surface area contributed by atoms with Gasteiger partial charge in [0.25, 0.3) is 0 Å². The molecule has 0 saturated carbocycles. The van der Waals surface area contributed by atoms with Gasteiger partial charge in [-0.3, -0.25) is 4.79 Å². The lowest BCUT2D eigenvalue weighted by molar-refractivity contribution is -0.146. The van der Waals surface area contributed by atoms with Crippen LogP contribution in [0, 0.1) is 0 Å². The molecule has 1 aromatic carbocycles. The van der Waals surface area contributed by atoms with Gasteiger partial charge in [-0.1, -0.05) is 30.3 Å². The summed E-state index contributed by atoms with van der Waals surface area (Å²) in [7, 11) is 1.28. The minimum Gasteiger partial charge on any atom is -0.467 e. The lowest BCUT2D eigenvalue weighted by Crippen LogP contribution is -2.44. The summed E-state index contributed by atoms with van der Waals surface area (Å²) in [6.45, 7) is 3.55. The highest BCUT2D eigenvalue weighted by atomic mass is 16.5. The average Bonchev–Trinajstić information content (AvgIpc) is 2.44. The number of carbonyl (C=O) groups excluding carboxylic acids is 2. The van der Waals surface area contributed by atoms with E-state index >= 15 is 0 Å². The van der Waals surface area contributed by atoms with Crippen molar-refractivity contribution in [1.29, 1.82) is 0 Å². The fourth-order valence-corrected chi connectivity index (χ4v) is 1.44. The fraction of sp³-hybridized carbons (Fsp3) is 0.429. The van der Waals surface area contributed by atoms with Crippen LogP contribution >= 0.6 is 0 Å². The number of methoxy groups -OCH3 is 1. The minimum atomic E-state index is -0.680. The second-order valence-electron chi connectivity index (χ2n) is 4.19. The molecule has 0 bridgehead atoms. The summed E-state index contributed by atoms with van der Waals surface area (Å²) in [4.78, 5) is 22.9. The molecule has 104 valence electrons. The van der Waals surface area contributed by atoms with Crippen LogP contribution < -0.4 is 5.32 Å². The molecule has 0 aliphatic rings. The van der Waals surface area contributed by atoms with E-state index < -0.39 is 18.1 Å². The number of ether oxygens (including phenoxy) is 2. The first kappa shape index (κ1) is 15.2. The van der Waals surface area contributed by atoms with Crippen LogP contribution in [0.3, 0.4) is 0 Å². The molecule has 0 aromatic heterocycles. The van der Waals surface area contributed by atoms with Crippen molar-refractivity contribution in [3.63, 3.8) is 0 Å². The molecule has 1 amide bonds. The quantitative estimate of drug-likeness (QED) is 0.787. The Morgan fingerprint density at radius 2 is 1.84 bits per heavy atom. The third-order valence-electron chi connectivity index (χ3n) is 2.63. The van der Waals surface area contributed by atoms with Gasteiger partial charge in [-0.15, -0.1) is 0 Å². The molecule has 1 aromatic rings. The zero-order chi connectivity index (χ0) is 14.3. The number of rotatable bonds is 6. The van der Waals surface area contributed by atoms with Crippen LogP contribution in [-0.4, -0.2) is 31.1 Å². The van der Waals surface area contributed by atoms with E-state index in [1.807, 2.05) is 30.3 Å². The number of carbonyl (C=O) groups is 2. The highest BCUT2D eigenvalue weighted by molar-refractivity contribution is 5.86. The maximum atomic E-state index is 11.8. The van der Waals surface area contributed by atoms with Crippen LogP contribution in [0.1, 0.15) is 19.4 Å².